The maximum absolute atomic E-state index is 14.4. The zero-order valence-electron chi connectivity index (χ0n) is 24.0. The van der Waals surface area contributed by atoms with Gasteiger partial charge in [-0.05, 0) is 96.1 Å². The van der Waals surface area contributed by atoms with Crippen LogP contribution < -0.4 is 19.5 Å². The lowest BCUT2D eigenvalue weighted by Crippen LogP contribution is -2.52. The number of nitrogens with zero attached hydrogens (tertiary/aromatic N) is 1. The second-order valence-electron chi connectivity index (χ2n) is 10.8. The zero-order chi connectivity index (χ0) is 30.6. The zero-order valence-corrected chi connectivity index (χ0v) is 25.6. The highest BCUT2D eigenvalue weighted by atomic mass is 79.9. The Labute approximate surface area is 258 Å². The van der Waals surface area contributed by atoms with Crippen LogP contribution in [0.2, 0.25) is 0 Å². The van der Waals surface area contributed by atoms with Gasteiger partial charge in [0, 0.05) is 31.0 Å². The van der Waals surface area contributed by atoms with Gasteiger partial charge in [0.05, 0.1) is 29.6 Å². The molecule has 2 aliphatic rings. The summed E-state index contributed by atoms with van der Waals surface area (Å²) in [5.41, 5.74) is 0.732. The average molecular weight is 658 g/mol. The number of carboxylic acid groups (broad SMARTS) is 1. The van der Waals surface area contributed by atoms with Gasteiger partial charge in [0.15, 0.2) is 11.5 Å². The van der Waals surface area contributed by atoms with Gasteiger partial charge in [-0.15, -0.1) is 0 Å². The molecule has 1 saturated heterocycles. The van der Waals surface area contributed by atoms with E-state index in [0.29, 0.717) is 46.9 Å². The monoisotopic (exact) mass is 656 g/mol. The predicted molar refractivity (Wildman–Crippen MR) is 162 cm³/mol. The Morgan fingerprint density at radius 2 is 1.98 bits per heavy atom. The number of fused-ring (bicyclic) bond motifs is 1. The fourth-order valence-corrected chi connectivity index (χ4v) is 5.88. The third-order valence-electron chi connectivity index (χ3n) is 7.86. The Balaban J connectivity index is 1.50. The standard InChI is InChI=1S/C32H34BrFN2O7/c1-32(18-30(37)35-21-6-5-8-22(15-21)40-2)25-17-29(43-23-9-10-26(33)27(34)16-23)28(42-19-24-7-3-4-13-41-24)14-20(25)11-12-36(32)31(38)39/h5-6,8-10,14-17,24H,3-4,7,11-13,18-19H2,1-2H3,(H,35,37)(H,38,39)/t24?,32-/m1/s1. The number of nitrogens with one attached hydrogen (secondary N) is 1. The fourth-order valence-electron chi connectivity index (χ4n) is 5.63. The molecule has 2 atom stereocenters. The number of hydrogen-bond donors (Lipinski definition) is 2. The highest BCUT2D eigenvalue weighted by Crippen LogP contribution is 2.45. The van der Waals surface area contributed by atoms with Gasteiger partial charge in [-0.3, -0.25) is 9.69 Å². The Morgan fingerprint density at radius 1 is 1.14 bits per heavy atom. The van der Waals surface area contributed by atoms with Crippen molar-refractivity contribution in [1.29, 1.82) is 0 Å². The highest BCUT2D eigenvalue weighted by Gasteiger charge is 2.44. The van der Waals surface area contributed by atoms with Gasteiger partial charge >= 0.3 is 6.09 Å². The van der Waals surface area contributed by atoms with Crippen molar-refractivity contribution in [2.75, 3.05) is 32.2 Å². The lowest BCUT2D eigenvalue weighted by atomic mass is 9.79. The van der Waals surface area contributed by atoms with Crippen LogP contribution in [0.5, 0.6) is 23.0 Å². The van der Waals surface area contributed by atoms with Crippen molar-refractivity contribution in [2.24, 2.45) is 0 Å². The first kappa shape index (κ1) is 30.6. The lowest BCUT2D eigenvalue weighted by molar-refractivity contribution is -0.118. The van der Waals surface area contributed by atoms with E-state index in [9.17, 15) is 19.1 Å². The van der Waals surface area contributed by atoms with E-state index in [0.717, 1.165) is 24.8 Å². The van der Waals surface area contributed by atoms with E-state index in [-0.39, 0.29) is 36.5 Å². The maximum Gasteiger partial charge on any atom is 0.408 e. The summed E-state index contributed by atoms with van der Waals surface area (Å²) in [6.45, 7) is 2.91. The average Bonchev–Trinajstić information content (AvgIpc) is 2.98. The van der Waals surface area contributed by atoms with Crippen LogP contribution in [0.3, 0.4) is 0 Å². The van der Waals surface area contributed by atoms with Crippen molar-refractivity contribution in [3.05, 3.63) is 76.0 Å². The third-order valence-corrected chi connectivity index (χ3v) is 8.50. The molecule has 9 nitrogen and oxygen atoms in total. The molecular weight excluding hydrogens is 623 g/mol. The molecule has 0 aliphatic carbocycles. The van der Waals surface area contributed by atoms with E-state index in [4.69, 9.17) is 18.9 Å². The molecule has 2 aliphatic heterocycles. The minimum atomic E-state index is -1.24. The van der Waals surface area contributed by atoms with E-state index < -0.39 is 17.4 Å². The van der Waals surface area contributed by atoms with Crippen LogP contribution in [0.15, 0.2) is 59.1 Å². The van der Waals surface area contributed by atoms with Crippen LogP contribution in [0.25, 0.3) is 0 Å². The van der Waals surface area contributed by atoms with Crippen molar-refractivity contribution in [3.63, 3.8) is 0 Å². The number of rotatable bonds is 9. The Bertz CT molecular complexity index is 1500. The Hall–Kier alpha value is -3.83. The van der Waals surface area contributed by atoms with Gasteiger partial charge in [0.25, 0.3) is 0 Å². The number of benzene rings is 3. The van der Waals surface area contributed by atoms with Gasteiger partial charge in [0.1, 0.15) is 23.9 Å². The number of carbonyl (C=O) groups excluding carboxylic acids is 1. The predicted octanol–water partition coefficient (Wildman–Crippen LogP) is 7.12. The summed E-state index contributed by atoms with van der Waals surface area (Å²) in [7, 11) is 1.54. The summed E-state index contributed by atoms with van der Waals surface area (Å²) in [5.74, 6) is 0.664. The van der Waals surface area contributed by atoms with Gasteiger partial charge in [-0.1, -0.05) is 6.07 Å². The molecule has 3 aromatic carbocycles. The summed E-state index contributed by atoms with van der Waals surface area (Å²) in [4.78, 5) is 27.1. The molecule has 0 bridgehead atoms. The second-order valence-corrected chi connectivity index (χ2v) is 11.7. The van der Waals surface area contributed by atoms with Gasteiger partial charge in [0.2, 0.25) is 5.91 Å². The van der Waals surface area contributed by atoms with Crippen LogP contribution >= 0.6 is 15.9 Å². The number of methoxy groups -OCH3 is 1. The minimum Gasteiger partial charge on any atom is -0.497 e. The largest absolute Gasteiger partial charge is 0.497 e. The van der Waals surface area contributed by atoms with Crippen LogP contribution in [-0.2, 0) is 21.5 Å². The molecule has 0 aromatic heterocycles. The number of anilines is 1. The van der Waals surface area contributed by atoms with Crippen molar-refractivity contribution < 1.29 is 38.0 Å². The molecule has 43 heavy (non-hydrogen) atoms. The molecule has 2 N–H and O–H groups in total. The molecule has 2 heterocycles. The molecule has 1 fully saturated rings. The lowest BCUT2D eigenvalue weighted by Gasteiger charge is -2.44. The quantitative estimate of drug-likeness (QED) is 0.253. The highest BCUT2D eigenvalue weighted by molar-refractivity contribution is 9.10. The van der Waals surface area contributed by atoms with Crippen LogP contribution in [0.1, 0.15) is 43.7 Å². The summed E-state index contributed by atoms with van der Waals surface area (Å²) in [6.07, 6.45) is 2.01. The number of hydrogen-bond acceptors (Lipinski definition) is 6. The van der Waals surface area contributed by atoms with Crippen molar-refractivity contribution in [3.8, 4) is 23.0 Å². The maximum atomic E-state index is 14.4. The van der Waals surface area contributed by atoms with Gasteiger partial charge in [-0.2, -0.15) is 0 Å². The third kappa shape index (κ3) is 7.05. The SMILES string of the molecule is COc1cccc(NC(=O)C[C@]2(C)c3cc(Oc4ccc(Br)c(F)c4)c(OCC4CCCCO4)cc3CCN2C(=O)O)c1. The number of halogens is 2. The molecule has 1 unspecified atom stereocenters. The minimum absolute atomic E-state index is 0.0594. The fraction of sp³-hybridized carbons (Fsp3) is 0.375. The van der Waals surface area contributed by atoms with Crippen LogP contribution in [0.4, 0.5) is 14.9 Å². The molecule has 0 saturated carbocycles. The van der Waals surface area contributed by atoms with E-state index in [1.54, 1.807) is 49.4 Å². The molecular formula is C32H34BrFN2O7. The van der Waals surface area contributed by atoms with E-state index >= 15 is 0 Å². The topological polar surface area (TPSA) is 107 Å². The van der Waals surface area contributed by atoms with Crippen molar-refractivity contribution in [1.82, 2.24) is 4.90 Å². The second kappa shape index (κ2) is 13.2. The molecule has 3 aromatic rings. The molecule has 0 spiro atoms. The molecule has 5 rings (SSSR count). The number of ether oxygens (including phenoxy) is 4. The Morgan fingerprint density at radius 3 is 2.70 bits per heavy atom. The summed E-state index contributed by atoms with van der Waals surface area (Å²) in [5, 5.41) is 13.0. The first-order chi connectivity index (χ1) is 20.7. The number of amides is 2. The van der Waals surface area contributed by atoms with Crippen molar-refractivity contribution >= 4 is 33.6 Å². The van der Waals surface area contributed by atoms with Gasteiger partial charge < -0.3 is 29.4 Å². The summed E-state index contributed by atoms with van der Waals surface area (Å²) < 4.78 is 38.1. The molecule has 0 radical (unpaired) electrons. The van der Waals surface area contributed by atoms with E-state index in [1.165, 1.54) is 18.1 Å². The van der Waals surface area contributed by atoms with Crippen molar-refractivity contribution in [2.45, 2.75) is 50.7 Å². The number of carbonyl (C=O) groups is 2. The van der Waals surface area contributed by atoms with Crippen LogP contribution in [0, 0.1) is 5.82 Å². The van der Waals surface area contributed by atoms with Gasteiger partial charge in [-0.25, -0.2) is 9.18 Å². The molecule has 11 heteroatoms. The van der Waals surface area contributed by atoms with E-state index in [2.05, 4.69) is 21.2 Å². The first-order valence-electron chi connectivity index (χ1n) is 14.2. The summed E-state index contributed by atoms with van der Waals surface area (Å²) >= 11 is 3.16. The van der Waals surface area contributed by atoms with Crippen LogP contribution in [-0.4, -0.2) is 55.0 Å². The van der Waals surface area contributed by atoms with E-state index in [1.807, 2.05) is 6.07 Å². The summed E-state index contributed by atoms with van der Waals surface area (Å²) in [6, 6.07) is 14.9. The normalized spacial score (nSPS) is 19.7. The Kier molecular flexibility index (Phi) is 9.41. The molecule has 228 valence electrons. The molecule has 2 amide bonds. The first-order valence-corrected chi connectivity index (χ1v) is 14.9. The smallest absolute Gasteiger partial charge is 0.408 e.